The predicted octanol–water partition coefficient (Wildman–Crippen LogP) is 1.59. The minimum Gasteiger partial charge on any atom is -0.481 e. The molecule has 5 nitrogen and oxygen atoms in total. The molecule has 1 aromatic rings. The van der Waals surface area contributed by atoms with Gasteiger partial charge in [0.15, 0.2) is 0 Å². The molecule has 20 heavy (non-hydrogen) atoms. The largest absolute Gasteiger partial charge is 0.481 e. The number of benzene rings is 1. The highest BCUT2D eigenvalue weighted by Crippen LogP contribution is 2.16. The number of nitrogens with zero attached hydrogens (tertiary/aromatic N) is 1. The smallest absolute Gasteiger partial charge is 0.309 e. The molecule has 0 radical (unpaired) electrons. The Kier molecular flexibility index (Phi) is 4.74. The van der Waals surface area contributed by atoms with Gasteiger partial charge in [-0.3, -0.25) is 14.5 Å². The molecule has 0 atom stereocenters. The van der Waals surface area contributed by atoms with Gasteiger partial charge in [-0.25, -0.2) is 0 Å². The number of carbonyl (C=O) groups is 2. The first-order valence-corrected chi connectivity index (χ1v) is 6.92. The zero-order valence-electron chi connectivity index (χ0n) is 11.6. The van der Waals surface area contributed by atoms with Crippen LogP contribution in [0.2, 0.25) is 0 Å². The lowest BCUT2D eigenvalue weighted by molar-refractivity contribution is -0.148. The van der Waals surface area contributed by atoms with E-state index in [0.29, 0.717) is 13.1 Å². The van der Waals surface area contributed by atoms with Crippen molar-refractivity contribution in [1.29, 1.82) is 0 Å². The van der Waals surface area contributed by atoms with Crippen LogP contribution in [0.1, 0.15) is 18.9 Å². The summed E-state index contributed by atoms with van der Waals surface area (Å²) >= 11 is 0. The number of amides is 1. The molecule has 108 valence electrons. The average Bonchev–Trinajstić information content (AvgIpc) is 2.35. The van der Waals surface area contributed by atoms with Crippen LogP contribution in [0, 0.1) is 5.92 Å². The number of likely N-dealkylation sites (tertiary alicyclic amines) is 1. The van der Waals surface area contributed by atoms with Gasteiger partial charge in [-0.15, -0.1) is 0 Å². The molecule has 0 aliphatic carbocycles. The monoisotopic (exact) mass is 276 g/mol. The molecule has 1 aliphatic rings. The molecule has 0 bridgehead atoms. The number of carboxylic acid groups (broad SMARTS) is 1. The van der Waals surface area contributed by atoms with Gasteiger partial charge in [-0.05, 0) is 24.1 Å². The Morgan fingerprint density at radius 1 is 1.30 bits per heavy atom. The van der Waals surface area contributed by atoms with Crippen LogP contribution in [0.3, 0.4) is 0 Å². The summed E-state index contributed by atoms with van der Waals surface area (Å²) in [5.41, 5.74) is 2.04. The number of hydrogen-bond donors (Lipinski definition) is 2. The molecular formula is C15H20N2O3. The third-order valence-corrected chi connectivity index (χ3v) is 3.45. The first kappa shape index (κ1) is 14.5. The molecule has 1 fully saturated rings. The molecule has 0 unspecified atom stereocenters. The van der Waals surface area contributed by atoms with Crippen LogP contribution in [0.25, 0.3) is 0 Å². The van der Waals surface area contributed by atoms with E-state index in [9.17, 15) is 9.59 Å². The molecule has 1 amide bonds. The maximum absolute atomic E-state index is 11.8. The number of anilines is 1. The first-order chi connectivity index (χ1) is 9.58. The summed E-state index contributed by atoms with van der Waals surface area (Å²) in [5, 5.41) is 11.6. The van der Waals surface area contributed by atoms with Crippen molar-refractivity contribution in [3.05, 3.63) is 29.8 Å². The van der Waals surface area contributed by atoms with Crippen LogP contribution in [0.5, 0.6) is 0 Å². The van der Waals surface area contributed by atoms with E-state index < -0.39 is 5.97 Å². The van der Waals surface area contributed by atoms with Crippen LogP contribution in [0.15, 0.2) is 24.3 Å². The van der Waals surface area contributed by atoms with E-state index in [1.165, 1.54) is 5.56 Å². The number of carbonyl (C=O) groups excluding carboxylic acids is 1. The normalized spacial score (nSPS) is 15.7. The fraction of sp³-hybridized carbons (Fsp3) is 0.467. The van der Waals surface area contributed by atoms with Crippen molar-refractivity contribution < 1.29 is 14.7 Å². The number of carboxylic acids is 1. The fourth-order valence-electron chi connectivity index (χ4n) is 2.30. The molecule has 0 saturated carbocycles. The number of aliphatic carboxylic acids is 1. The number of rotatable bonds is 6. The Balaban J connectivity index is 1.76. The van der Waals surface area contributed by atoms with Crippen molar-refractivity contribution in [1.82, 2.24) is 4.90 Å². The summed E-state index contributed by atoms with van der Waals surface area (Å²) < 4.78 is 0. The standard InChI is InChI=1S/C15H20N2O3/c1-2-3-11-4-6-13(7-5-11)16-14(18)10-17-8-12(9-17)15(19)20/h4-7,12H,2-3,8-10H2,1H3,(H,16,18)(H,19,20). The molecule has 5 heteroatoms. The van der Waals surface area contributed by atoms with Crippen LogP contribution in [0.4, 0.5) is 5.69 Å². The Labute approximate surface area is 118 Å². The van der Waals surface area contributed by atoms with E-state index in [1.807, 2.05) is 29.2 Å². The summed E-state index contributed by atoms with van der Waals surface area (Å²) in [6, 6.07) is 7.84. The van der Waals surface area contributed by atoms with Gasteiger partial charge in [0.05, 0.1) is 12.5 Å². The van der Waals surface area contributed by atoms with Gasteiger partial charge in [-0.1, -0.05) is 25.5 Å². The first-order valence-electron chi connectivity index (χ1n) is 6.92. The van der Waals surface area contributed by atoms with Crippen LogP contribution in [-0.4, -0.2) is 41.5 Å². The lowest BCUT2D eigenvalue weighted by Crippen LogP contribution is -2.52. The molecule has 1 saturated heterocycles. The predicted molar refractivity (Wildman–Crippen MR) is 76.6 cm³/mol. The SMILES string of the molecule is CCCc1ccc(NC(=O)CN2CC(C(=O)O)C2)cc1. The Bertz CT molecular complexity index is 478. The summed E-state index contributed by atoms with van der Waals surface area (Å²) in [5.74, 6) is -1.21. The van der Waals surface area contributed by atoms with Gasteiger partial charge in [0.2, 0.25) is 5.91 Å². The second-order valence-electron chi connectivity index (χ2n) is 5.22. The molecular weight excluding hydrogens is 256 g/mol. The Hall–Kier alpha value is -1.88. The van der Waals surface area contributed by atoms with Gasteiger partial charge in [0.25, 0.3) is 0 Å². The number of hydrogen-bond acceptors (Lipinski definition) is 3. The quantitative estimate of drug-likeness (QED) is 0.828. The summed E-state index contributed by atoms with van der Waals surface area (Å²) in [7, 11) is 0. The van der Waals surface area contributed by atoms with Gasteiger partial charge >= 0.3 is 5.97 Å². The highest BCUT2D eigenvalue weighted by molar-refractivity contribution is 5.92. The molecule has 0 aromatic heterocycles. The van der Waals surface area contributed by atoms with E-state index in [4.69, 9.17) is 5.11 Å². The van der Waals surface area contributed by atoms with Crippen molar-refractivity contribution in [2.45, 2.75) is 19.8 Å². The van der Waals surface area contributed by atoms with Crippen LogP contribution < -0.4 is 5.32 Å². The summed E-state index contributed by atoms with van der Waals surface area (Å²) in [6.07, 6.45) is 2.14. The Morgan fingerprint density at radius 2 is 1.95 bits per heavy atom. The number of aryl methyl sites for hydroxylation is 1. The maximum atomic E-state index is 11.8. The highest BCUT2D eigenvalue weighted by Gasteiger charge is 2.33. The maximum Gasteiger partial charge on any atom is 0.309 e. The minimum absolute atomic E-state index is 0.0999. The van der Waals surface area contributed by atoms with E-state index in [2.05, 4.69) is 12.2 Å². The van der Waals surface area contributed by atoms with Crippen molar-refractivity contribution in [2.75, 3.05) is 25.0 Å². The zero-order chi connectivity index (χ0) is 14.5. The lowest BCUT2D eigenvalue weighted by atomic mass is 10.0. The van der Waals surface area contributed by atoms with Crippen LogP contribution >= 0.6 is 0 Å². The molecule has 1 aliphatic heterocycles. The van der Waals surface area contributed by atoms with Gasteiger partial charge in [-0.2, -0.15) is 0 Å². The van der Waals surface area contributed by atoms with Crippen molar-refractivity contribution >= 4 is 17.6 Å². The summed E-state index contributed by atoms with van der Waals surface area (Å²) in [4.78, 5) is 24.3. The van der Waals surface area contributed by atoms with Gasteiger partial charge in [0.1, 0.15) is 0 Å². The molecule has 1 aromatic carbocycles. The molecule has 2 N–H and O–H groups in total. The zero-order valence-corrected chi connectivity index (χ0v) is 11.6. The third kappa shape index (κ3) is 3.81. The van der Waals surface area contributed by atoms with Crippen molar-refractivity contribution in [3.63, 3.8) is 0 Å². The average molecular weight is 276 g/mol. The topological polar surface area (TPSA) is 69.6 Å². The van der Waals surface area contributed by atoms with Crippen molar-refractivity contribution in [3.8, 4) is 0 Å². The van der Waals surface area contributed by atoms with E-state index in [-0.39, 0.29) is 18.4 Å². The van der Waals surface area contributed by atoms with Crippen LogP contribution in [-0.2, 0) is 16.0 Å². The second-order valence-corrected chi connectivity index (χ2v) is 5.22. The fourth-order valence-corrected chi connectivity index (χ4v) is 2.30. The molecule has 1 heterocycles. The number of nitrogens with one attached hydrogen (secondary N) is 1. The Morgan fingerprint density at radius 3 is 2.50 bits per heavy atom. The lowest BCUT2D eigenvalue weighted by Gasteiger charge is -2.35. The minimum atomic E-state index is -0.784. The van der Waals surface area contributed by atoms with Crippen molar-refractivity contribution in [2.24, 2.45) is 5.92 Å². The van der Waals surface area contributed by atoms with Gasteiger partial charge in [0, 0.05) is 18.8 Å². The van der Waals surface area contributed by atoms with E-state index in [0.717, 1.165) is 18.5 Å². The third-order valence-electron chi connectivity index (χ3n) is 3.45. The van der Waals surface area contributed by atoms with Gasteiger partial charge < -0.3 is 10.4 Å². The molecule has 0 spiro atoms. The second kappa shape index (κ2) is 6.52. The van der Waals surface area contributed by atoms with E-state index >= 15 is 0 Å². The summed E-state index contributed by atoms with van der Waals surface area (Å²) in [6.45, 7) is 3.30. The highest BCUT2D eigenvalue weighted by atomic mass is 16.4. The molecule has 2 rings (SSSR count). The van der Waals surface area contributed by atoms with E-state index in [1.54, 1.807) is 0 Å².